The van der Waals surface area contributed by atoms with E-state index in [1.54, 1.807) is 12.4 Å². The van der Waals surface area contributed by atoms with Gasteiger partial charge in [-0.25, -0.2) is 0 Å². The van der Waals surface area contributed by atoms with E-state index in [0.717, 1.165) is 10.0 Å². The largest absolute Gasteiger partial charge is 0.372 e. The molecule has 0 aliphatic rings. The molecule has 15 heavy (non-hydrogen) atoms. The molecule has 0 aromatic carbocycles. The van der Waals surface area contributed by atoms with Gasteiger partial charge in [-0.1, -0.05) is 0 Å². The minimum absolute atomic E-state index is 0.0309. The van der Waals surface area contributed by atoms with Crippen LogP contribution in [-0.2, 0) is 16.0 Å². The second kappa shape index (κ2) is 6.66. The summed E-state index contributed by atoms with van der Waals surface area (Å²) in [4.78, 5) is 15.4. The maximum Gasteiger partial charge on any atom is 0.162 e. The van der Waals surface area contributed by atoms with Crippen LogP contribution < -0.4 is 5.73 Å². The zero-order valence-electron chi connectivity index (χ0n) is 8.28. The zero-order chi connectivity index (χ0) is 11.1. The summed E-state index contributed by atoms with van der Waals surface area (Å²) in [6.45, 7) is 0.970. The molecule has 0 aliphatic heterocycles. The van der Waals surface area contributed by atoms with Gasteiger partial charge >= 0.3 is 0 Å². The van der Waals surface area contributed by atoms with Gasteiger partial charge in [-0.3, -0.25) is 9.78 Å². The van der Waals surface area contributed by atoms with Crippen molar-refractivity contribution in [2.75, 3.05) is 19.8 Å². The van der Waals surface area contributed by atoms with Crippen molar-refractivity contribution in [1.29, 1.82) is 0 Å². The molecule has 0 bridgehead atoms. The highest BCUT2D eigenvalue weighted by Gasteiger charge is 2.04. The molecule has 0 amide bonds. The third-order valence-corrected chi connectivity index (χ3v) is 2.12. The summed E-state index contributed by atoms with van der Waals surface area (Å²) in [6.07, 6.45) is 3.70. The Kier molecular flexibility index (Phi) is 5.45. The van der Waals surface area contributed by atoms with Crippen LogP contribution in [0.2, 0.25) is 0 Å². The minimum atomic E-state index is 0.0309. The number of hydrogen-bond acceptors (Lipinski definition) is 4. The Balaban J connectivity index is 2.37. The third-order valence-electron chi connectivity index (χ3n) is 1.69. The molecule has 0 radical (unpaired) electrons. The minimum Gasteiger partial charge on any atom is -0.372 e. The van der Waals surface area contributed by atoms with E-state index in [-0.39, 0.29) is 12.4 Å². The maximum absolute atomic E-state index is 11.4. The van der Waals surface area contributed by atoms with Crippen molar-refractivity contribution in [2.24, 2.45) is 5.73 Å². The number of Topliss-reactive ketones (excluding diaryl/α,β-unsaturated/α-hetero) is 1. The number of nitrogens with zero attached hydrogens (tertiary/aromatic N) is 1. The highest BCUT2D eigenvalue weighted by Crippen LogP contribution is 2.10. The number of ether oxygens (including phenoxy) is 1. The van der Waals surface area contributed by atoms with Crippen molar-refractivity contribution in [3.05, 3.63) is 28.5 Å². The van der Waals surface area contributed by atoms with Crippen LogP contribution in [0.1, 0.15) is 5.56 Å². The quantitative estimate of drug-likeness (QED) is 0.783. The monoisotopic (exact) mass is 272 g/mol. The number of nitrogens with two attached hydrogens (primary N) is 1. The van der Waals surface area contributed by atoms with Crippen molar-refractivity contribution in [3.8, 4) is 0 Å². The Morgan fingerprint density at radius 3 is 3.00 bits per heavy atom. The van der Waals surface area contributed by atoms with Crippen LogP contribution in [0.5, 0.6) is 0 Å². The van der Waals surface area contributed by atoms with Crippen molar-refractivity contribution < 1.29 is 9.53 Å². The van der Waals surface area contributed by atoms with Crippen LogP contribution in [-0.4, -0.2) is 30.5 Å². The highest BCUT2D eigenvalue weighted by molar-refractivity contribution is 9.10. The molecule has 2 N–H and O–H groups in total. The van der Waals surface area contributed by atoms with Gasteiger partial charge in [0.1, 0.15) is 6.61 Å². The third kappa shape index (κ3) is 5.01. The summed E-state index contributed by atoms with van der Waals surface area (Å²) in [5.41, 5.74) is 6.11. The molecule has 0 unspecified atom stereocenters. The van der Waals surface area contributed by atoms with Gasteiger partial charge in [0.15, 0.2) is 5.78 Å². The van der Waals surface area contributed by atoms with Crippen molar-refractivity contribution in [3.63, 3.8) is 0 Å². The number of carbonyl (C=O) groups is 1. The normalized spacial score (nSPS) is 10.3. The highest BCUT2D eigenvalue weighted by atomic mass is 79.9. The summed E-state index contributed by atoms with van der Waals surface area (Å²) in [5.74, 6) is 0.0309. The first-order chi connectivity index (χ1) is 7.22. The van der Waals surface area contributed by atoms with Gasteiger partial charge in [0, 0.05) is 29.8 Å². The van der Waals surface area contributed by atoms with Crippen LogP contribution >= 0.6 is 15.9 Å². The Bertz CT molecular complexity index is 331. The average Bonchev–Trinajstić information content (AvgIpc) is 2.18. The standard InChI is InChI=1S/C10H13BrN2O2/c11-9-3-8(5-13-6-9)4-10(14)7-15-2-1-12/h3,5-6H,1-2,4,7,12H2. The van der Waals surface area contributed by atoms with Gasteiger partial charge in [0.05, 0.1) is 6.61 Å². The lowest BCUT2D eigenvalue weighted by atomic mass is 10.1. The molecule has 82 valence electrons. The van der Waals surface area contributed by atoms with E-state index < -0.39 is 0 Å². The number of carbonyl (C=O) groups excluding carboxylic acids is 1. The van der Waals surface area contributed by atoms with Gasteiger partial charge in [-0.05, 0) is 27.6 Å². The first-order valence-corrected chi connectivity index (χ1v) is 5.40. The van der Waals surface area contributed by atoms with Crippen LogP contribution in [0.15, 0.2) is 22.9 Å². The fourth-order valence-electron chi connectivity index (χ4n) is 1.10. The molecule has 1 heterocycles. The SMILES string of the molecule is NCCOCC(=O)Cc1cncc(Br)c1. The summed E-state index contributed by atoms with van der Waals surface area (Å²) < 4.78 is 5.91. The second-order valence-electron chi connectivity index (χ2n) is 3.07. The van der Waals surface area contributed by atoms with Crippen LogP contribution in [0.25, 0.3) is 0 Å². The van der Waals surface area contributed by atoms with E-state index in [9.17, 15) is 4.79 Å². The van der Waals surface area contributed by atoms with Crippen molar-refractivity contribution in [2.45, 2.75) is 6.42 Å². The molecule has 4 nitrogen and oxygen atoms in total. The molecule has 5 heteroatoms. The van der Waals surface area contributed by atoms with E-state index in [0.29, 0.717) is 19.6 Å². The number of pyridine rings is 1. The molecule has 1 rings (SSSR count). The molecule has 0 saturated heterocycles. The van der Waals surface area contributed by atoms with Crippen LogP contribution in [0.4, 0.5) is 0 Å². The lowest BCUT2D eigenvalue weighted by Crippen LogP contribution is -2.16. The Morgan fingerprint density at radius 2 is 2.33 bits per heavy atom. The summed E-state index contributed by atoms with van der Waals surface area (Å²) in [7, 11) is 0. The van der Waals surface area contributed by atoms with E-state index >= 15 is 0 Å². The van der Waals surface area contributed by atoms with E-state index in [4.69, 9.17) is 10.5 Å². The van der Waals surface area contributed by atoms with E-state index in [1.807, 2.05) is 6.07 Å². The fraction of sp³-hybridized carbons (Fsp3) is 0.400. The lowest BCUT2D eigenvalue weighted by molar-refractivity contribution is -0.122. The number of ketones is 1. The first-order valence-electron chi connectivity index (χ1n) is 4.61. The smallest absolute Gasteiger partial charge is 0.162 e. The number of hydrogen-bond donors (Lipinski definition) is 1. The predicted octanol–water partition coefficient (Wildman–Crippen LogP) is 0.931. The second-order valence-corrected chi connectivity index (χ2v) is 3.98. The van der Waals surface area contributed by atoms with Gasteiger partial charge in [-0.2, -0.15) is 0 Å². The molecule has 1 aromatic rings. The molecule has 0 spiro atoms. The van der Waals surface area contributed by atoms with E-state index in [2.05, 4.69) is 20.9 Å². The van der Waals surface area contributed by atoms with Gasteiger partial charge in [0.25, 0.3) is 0 Å². The predicted molar refractivity (Wildman–Crippen MR) is 60.5 cm³/mol. The van der Waals surface area contributed by atoms with Gasteiger partial charge < -0.3 is 10.5 Å². The number of halogens is 1. The fourth-order valence-corrected chi connectivity index (χ4v) is 1.51. The molecule has 1 aromatic heterocycles. The summed E-state index contributed by atoms with van der Waals surface area (Å²) in [5, 5.41) is 0. The first kappa shape index (κ1) is 12.3. The Labute approximate surface area is 97.0 Å². The van der Waals surface area contributed by atoms with Crippen molar-refractivity contribution >= 4 is 21.7 Å². The lowest BCUT2D eigenvalue weighted by Gasteiger charge is -2.02. The zero-order valence-corrected chi connectivity index (χ0v) is 9.87. The average molecular weight is 273 g/mol. The number of rotatable bonds is 6. The van der Waals surface area contributed by atoms with Gasteiger partial charge in [-0.15, -0.1) is 0 Å². The summed E-state index contributed by atoms with van der Waals surface area (Å²) in [6, 6.07) is 1.87. The molecule has 0 atom stereocenters. The van der Waals surface area contributed by atoms with Gasteiger partial charge in [0.2, 0.25) is 0 Å². The summed E-state index contributed by atoms with van der Waals surface area (Å²) >= 11 is 3.29. The molecule has 0 saturated carbocycles. The molecule has 0 fully saturated rings. The number of aromatic nitrogens is 1. The van der Waals surface area contributed by atoms with Crippen LogP contribution in [0.3, 0.4) is 0 Å². The molecule has 0 aliphatic carbocycles. The topological polar surface area (TPSA) is 65.2 Å². The molecular formula is C10H13BrN2O2. The molecular weight excluding hydrogens is 260 g/mol. The maximum atomic E-state index is 11.4. The Hall–Kier alpha value is -0.780. The van der Waals surface area contributed by atoms with Crippen LogP contribution in [0, 0.1) is 0 Å². The van der Waals surface area contributed by atoms with Crippen molar-refractivity contribution in [1.82, 2.24) is 4.98 Å². The van der Waals surface area contributed by atoms with E-state index in [1.165, 1.54) is 0 Å². The Morgan fingerprint density at radius 1 is 1.53 bits per heavy atom.